The molecule has 6 heteroatoms. The van der Waals surface area contributed by atoms with Crippen molar-refractivity contribution in [2.45, 2.75) is 19.9 Å². The van der Waals surface area contributed by atoms with Gasteiger partial charge < -0.3 is 10.2 Å². The van der Waals surface area contributed by atoms with Crippen LogP contribution in [-0.4, -0.2) is 65.3 Å². The number of hydrogen-bond donors (Lipinski definition) is 1. The van der Waals surface area contributed by atoms with E-state index in [2.05, 4.69) is 29.2 Å². The fraction of sp³-hybridized carbons (Fsp3) is 0.733. The number of likely N-dealkylation sites (N-methyl/N-ethyl adjacent to an activating group) is 1. The number of rotatable bonds is 5. The largest absolute Gasteiger partial charge is 0.338 e. The zero-order valence-electron chi connectivity index (χ0n) is 13.5. The van der Waals surface area contributed by atoms with Gasteiger partial charge in [0.05, 0.1) is 6.20 Å². The Kier molecular flexibility index (Phi) is 5.36. The van der Waals surface area contributed by atoms with Crippen LogP contribution >= 0.6 is 0 Å². The number of piperazine rings is 1. The van der Waals surface area contributed by atoms with Crippen molar-refractivity contribution in [1.82, 2.24) is 24.9 Å². The predicted octanol–water partition coefficient (Wildman–Crippen LogP) is 0.481. The molecule has 0 bridgehead atoms. The van der Waals surface area contributed by atoms with Gasteiger partial charge in [-0.15, -0.1) is 0 Å². The molecule has 21 heavy (non-hydrogen) atoms. The molecule has 0 aromatic carbocycles. The second kappa shape index (κ2) is 7.04. The van der Waals surface area contributed by atoms with Crippen molar-refractivity contribution in [3.05, 3.63) is 18.0 Å². The Hall–Kier alpha value is -1.40. The van der Waals surface area contributed by atoms with E-state index in [1.54, 1.807) is 10.9 Å². The molecule has 118 valence electrons. The summed E-state index contributed by atoms with van der Waals surface area (Å²) in [6.45, 7) is 9.13. The van der Waals surface area contributed by atoms with Gasteiger partial charge in [0.15, 0.2) is 0 Å². The number of aryl methyl sites for hydroxylation is 1. The molecule has 1 aliphatic heterocycles. The van der Waals surface area contributed by atoms with Crippen LogP contribution in [0.2, 0.25) is 0 Å². The van der Waals surface area contributed by atoms with Gasteiger partial charge in [-0.2, -0.15) is 5.10 Å². The number of nitrogens with zero attached hydrogens (tertiary/aromatic N) is 4. The molecule has 0 radical (unpaired) electrons. The van der Waals surface area contributed by atoms with E-state index >= 15 is 0 Å². The standard InChI is InChI=1S/C15H27N5O/c1-12(2)10-19-5-7-20(8-6-19)15(21)14(16-3)13-9-17-18(4)11-13/h9,11-12,14,16H,5-8,10H2,1-4H3. The smallest absolute Gasteiger partial charge is 0.244 e. The van der Waals surface area contributed by atoms with Gasteiger partial charge in [-0.25, -0.2) is 0 Å². The van der Waals surface area contributed by atoms with Crippen LogP contribution in [0.1, 0.15) is 25.5 Å². The summed E-state index contributed by atoms with van der Waals surface area (Å²) in [5.74, 6) is 0.822. The predicted molar refractivity (Wildman–Crippen MR) is 82.9 cm³/mol. The molecule has 1 aromatic rings. The maximum Gasteiger partial charge on any atom is 0.244 e. The minimum Gasteiger partial charge on any atom is -0.338 e. The van der Waals surface area contributed by atoms with Crippen molar-refractivity contribution in [2.75, 3.05) is 39.8 Å². The first-order valence-corrected chi connectivity index (χ1v) is 7.68. The lowest BCUT2D eigenvalue weighted by Gasteiger charge is -2.37. The van der Waals surface area contributed by atoms with Crippen LogP contribution in [0.25, 0.3) is 0 Å². The van der Waals surface area contributed by atoms with E-state index in [9.17, 15) is 4.79 Å². The van der Waals surface area contributed by atoms with Gasteiger partial charge in [0.2, 0.25) is 5.91 Å². The van der Waals surface area contributed by atoms with Crippen molar-refractivity contribution < 1.29 is 4.79 Å². The highest BCUT2D eigenvalue weighted by molar-refractivity contribution is 5.83. The van der Waals surface area contributed by atoms with Crippen LogP contribution in [-0.2, 0) is 11.8 Å². The number of nitrogens with one attached hydrogen (secondary N) is 1. The highest BCUT2D eigenvalue weighted by Gasteiger charge is 2.28. The molecule has 1 fully saturated rings. The number of carbonyl (C=O) groups excluding carboxylic acids is 1. The molecule has 0 spiro atoms. The average molecular weight is 293 g/mol. The van der Waals surface area contributed by atoms with Crippen LogP contribution < -0.4 is 5.32 Å². The molecule has 2 rings (SSSR count). The molecule has 0 saturated carbocycles. The van der Waals surface area contributed by atoms with Crippen molar-refractivity contribution in [3.63, 3.8) is 0 Å². The van der Waals surface area contributed by atoms with Gasteiger partial charge >= 0.3 is 0 Å². The molecule has 1 N–H and O–H groups in total. The summed E-state index contributed by atoms with van der Waals surface area (Å²) in [4.78, 5) is 17.1. The lowest BCUT2D eigenvalue weighted by Crippen LogP contribution is -2.51. The summed E-state index contributed by atoms with van der Waals surface area (Å²) in [7, 11) is 3.69. The lowest BCUT2D eigenvalue weighted by molar-refractivity contribution is -0.135. The Bertz CT molecular complexity index is 462. The van der Waals surface area contributed by atoms with E-state index in [1.807, 2.05) is 25.2 Å². The number of aromatic nitrogens is 2. The number of amides is 1. The van der Waals surface area contributed by atoms with E-state index in [-0.39, 0.29) is 11.9 Å². The zero-order valence-corrected chi connectivity index (χ0v) is 13.5. The molecule has 6 nitrogen and oxygen atoms in total. The van der Waals surface area contributed by atoms with Crippen LogP contribution in [0.3, 0.4) is 0 Å². The van der Waals surface area contributed by atoms with Crippen LogP contribution in [0.15, 0.2) is 12.4 Å². The Labute approximate surface area is 127 Å². The minimum absolute atomic E-state index is 0.148. The summed E-state index contributed by atoms with van der Waals surface area (Å²) in [6, 6.07) is -0.296. The first kappa shape index (κ1) is 16.0. The summed E-state index contributed by atoms with van der Waals surface area (Å²) < 4.78 is 1.73. The molecule has 2 heterocycles. The second-order valence-electron chi connectivity index (χ2n) is 6.19. The summed E-state index contributed by atoms with van der Waals surface area (Å²) in [6.07, 6.45) is 3.65. The molecular weight excluding hydrogens is 266 g/mol. The first-order valence-electron chi connectivity index (χ1n) is 7.68. The fourth-order valence-electron chi connectivity index (χ4n) is 2.87. The van der Waals surface area contributed by atoms with Crippen LogP contribution in [0.5, 0.6) is 0 Å². The lowest BCUT2D eigenvalue weighted by atomic mass is 10.1. The molecule has 1 unspecified atom stereocenters. The van der Waals surface area contributed by atoms with Gasteiger partial charge in [0.1, 0.15) is 6.04 Å². The van der Waals surface area contributed by atoms with Gasteiger partial charge in [0.25, 0.3) is 0 Å². The van der Waals surface area contributed by atoms with Crippen molar-refractivity contribution >= 4 is 5.91 Å². The third-order valence-corrected chi connectivity index (χ3v) is 3.90. The van der Waals surface area contributed by atoms with Gasteiger partial charge in [0, 0.05) is 51.5 Å². The molecule has 1 saturated heterocycles. The Morgan fingerprint density at radius 2 is 2.00 bits per heavy atom. The van der Waals surface area contributed by atoms with E-state index in [1.165, 1.54) is 0 Å². The minimum atomic E-state index is -0.296. The van der Waals surface area contributed by atoms with Crippen LogP contribution in [0, 0.1) is 5.92 Å². The first-order chi connectivity index (χ1) is 10.0. The third-order valence-electron chi connectivity index (χ3n) is 3.90. The van der Waals surface area contributed by atoms with E-state index in [0.717, 1.165) is 38.3 Å². The monoisotopic (exact) mass is 293 g/mol. The quantitative estimate of drug-likeness (QED) is 0.858. The normalized spacial score (nSPS) is 18.2. The van der Waals surface area contributed by atoms with Gasteiger partial charge in [-0.1, -0.05) is 13.8 Å². The fourth-order valence-corrected chi connectivity index (χ4v) is 2.87. The SMILES string of the molecule is CNC(C(=O)N1CCN(CC(C)C)CC1)c1cnn(C)c1. The Balaban J connectivity index is 1.94. The number of carbonyl (C=O) groups is 1. The Morgan fingerprint density at radius 3 is 2.48 bits per heavy atom. The third kappa shape index (κ3) is 4.04. The van der Waals surface area contributed by atoms with Crippen LogP contribution in [0.4, 0.5) is 0 Å². The zero-order chi connectivity index (χ0) is 15.4. The summed E-state index contributed by atoms with van der Waals surface area (Å²) >= 11 is 0. The molecule has 1 aliphatic rings. The molecule has 0 aliphatic carbocycles. The molecular formula is C15H27N5O. The van der Waals surface area contributed by atoms with E-state index in [4.69, 9.17) is 0 Å². The van der Waals surface area contributed by atoms with E-state index < -0.39 is 0 Å². The molecule has 1 aromatic heterocycles. The maximum absolute atomic E-state index is 12.7. The Morgan fingerprint density at radius 1 is 1.33 bits per heavy atom. The van der Waals surface area contributed by atoms with Gasteiger partial charge in [-0.3, -0.25) is 14.4 Å². The van der Waals surface area contributed by atoms with Gasteiger partial charge in [-0.05, 0) is 13.0 Å². The number of hydrogen-bond acceptors (Lipinski definition) is 4. The second-order valence-corrected chi connectivity index (χ2v) is 6.19. The maximum atomic E-state index is 12.7. The molecule has 1 amide bonds. The van der Waals surface area contributed by atoms with Crippen molar-refractivity contribution in [1.29, 1.82) is 0 Å². The summed E-state index contributed by atoms with van der Waals surface area (Å²) in [5.41, 5.74) is 0.926. The summed E-state index contributed by atoms with van der Waals surface area (Å²) in [5, 5.41) is 7.27. The highest BCUT2D eigenvalue weighted by atomic mass is 16.2. The van der Waals surface area contributed by atoms with E-state index in [0.29, 0.717) is 5.92 Å². The topological polar surface area (TPSA) is 53.4 Å². The average Bonchev–Trinajstić information content (AvgIpc) is 2.86. The van der Waals surface area contributed by atoms with Crippen molar-refractivity contribution in [2.24, 2.45) is 13.0 Å². The molecule has 1 atom stereocenters. The van der Waals surface area contributed by atoms with Crippen molar-refractivity contribution in [3.8, 4) is 0 Å². The highest BCUT2D eigenvalue weighted by Crippen LogP contribution is 2.16.